The number of rotatable bonds is 4. The zero-order valence-corrected chi connectivity index (χ0v) is 9.64. The van der Waals surface area contributed by atoms with E-state index in [0.29, 0.717) is 12.1 Å². The van der Waals surface area contributed by atoms with Crippen molar-refractivity contribution in [2.24, 2.45) is 0 Å². The first-order valence-electron chi connectivity index (χ1n) is 4.44. The van der Waals surface area contributed by atoms with Gasteiger partial charge in [0, 0.05) is 22.6 Å². The lowest BCUT2D eigenvalue weighted by Gasteiger charge is -2.13. The van der Waals surface area contributed by atoms with Crippen LogP contribution in [0.15, 0.2) is 35.3 Å². The van der Waals surface area contributed by atoms with Crippen molar-refractivity contribution in [3.05, 3.63) is 46.7 Å². The first-order valence-corrected chi connectivity index (χ1v) is 5.23. The molecule has 1 atom stereocenters. The second-order valence-electron chi connectivity index (χ2n) is 3.08. The van der Waals surface area contributed by atoms with Gasteiger partial charge in [-0.2, -0.15) is 0 Å². The van der Waals surface area contributed by atoms with E-state index in [0.717, 1.165) is 4.47 Å². The van der Waals surface area contributed by atoms with Gasteiger partial charge < -0.3 is 5.32 Å². The highest BCUT2D eigenvalue weighted by atomic mass is 79.9. The van der Waals surface area contributed by atoms with Gasteiger partial charge >= 0.3 is 0 Å². The Morgan fingerprint density at radius 2 is 2.36 bits per heavy atom. The molecule has 76 valence electrons. The Morgan fingerprint density at radius 1 is 1.64 bits per heavy atom. The molecule has 0 fully saturated rings. The van der Waals surface area contributed by atoms with Crippen molar-refractivity contribution < 1.29 is 4.39 Å². The monoisotopic (exact) mass is 257 g/mol. The van der Waals surface area contributed by atoms with Crippen LogP contribution in [0.25, 0.3) is 0 Å². The molecule has 0 saturated carbocycles. The summed E-state index contributed by atoms with van der Waals surface area (Å²) in [7, 11) is 0. The minimum absolute atomic E-state index is 0.00102. The molecular formula is C11H13BrFN. The Kier molecular flexibility index (Phi) is 4.29. The summed E-state index contributed by atoms with van der Waals surface area (Å²) in [5, 5.41) is 3.14. The fourth-order valence-electron chi connectivity index (χ4n) is 1.22. The highest BCUT2D eigenvalue weighted by Crippen LogP contribution is 2.20. The first-order chi connectivity index (χ1) is 6.65. The third-order valence-corrected chi connectivity index (χ3v) is 2.49. The van der Waals surface area contributed by atoms with Crippen molar-refractivity contribution in [1.82, 2.24) is 5.32 Å². The molecule has 14 heavy (non-hydrogen) atoms. The maximum absolute atomic E-state index is 13.4. The molecule has 1 rings (SSSR count). The van der Waals surface area contributed by atoms with Crippen molar-refractivity contribution in [2.45, 2.75) is 13.0 Å². The normalized spacial score (nSPS) is 12.5. The molecule has 0 heterocycles. The van der Waals surface area contributed by atoms with Crippen LogP contribution in [-0.2, 0) is 0 Å². The topological polar surface area (TPSA) is 12.0 Å². The second-order valence-corrected chi connectivity index (χ2v) is 4.00. The van der Waals surface area contributed by atoms with Crippen LogP contribution >= 0.6 is 15.9 Å². The number of benzene rings is 1. The van der Waals surface area contributed by atoms with Crippen molar-refractivity contribution >= 4 is 15.9 Å². The van der Waals surface area contributed by atoms with Crippen LogP contribution in [0, 0.1) is 5.82 Å². The van der Waals surface area contributed by atoms with Crippen LogP contribution in [-0.4, -0.2) is 6.54 Å². The Bertz CT molecular complexity index is 325. The molecule has 0 bridgehead atoms. The third kappa shape index (κ3) is 2.93. The zero-order valence-electron chi connectivity index (χ0n) is 8.06. The molecule has 1 aromatic carbocycles. The molecule has 1 N–H and O–H groups in total. The summed E-state index contributed by atoms with van der Waals surface area (Å²) in [5.74, 6) is -0.191. The molecule has 0 radical (unpaired) electrons. The summed E-state index contributed by atoms with van der Waals surface area (Å²) in [6.45, 7) is 6.20. The summed E-state index contributed by atoms with van der Waals surface area (Å²) in [6.07, 6.45) is 1.76. The summed E-state index contributed by atoms with van der Waals surface area (Å²) in [4.78, 5) is 0. The Hall–Kier alpha value is -0.670. The van der Waals surface area contributed by atoms with Gasteiger partial charge in [-0.05, 0) is 19.1 Å². The molecule has 0 aliphatic heterocycles. The van der Waals surface area contributed by atoms with Gasteiger partial charge in [0.1, 0.15) is 5.82 Å². The fraction of sp³-hybridized carbons (Fsp3) is 0.273. The molecule has 1 unspecified atom stereocenters. The quantitative estimate of drug-likeness (QED) is 0.816. The van der Waals surface area contributed by atoms with Crippen LogP contribution in [0.5, 0.6) is 0 Å². The molecule has 1 nitrogen and oxygen atoms in total. The molecule has 0 saturated heterocycles. The first kappa shape index (κ1) is 11.4. The summed E-state index contributed by atoms with van der Waals surface area (Å²) < 4.78 is 14.2. The highest BCUT2D eigenvalue weighted by Gasteiger charge is 2.09. The van der Waals surface area contributed by atoms with Gasteiger partial charge in [-0.3, -0.25) is 0 Å². The average Bonchev–Trinajstić information content (AvgIpc) is 2.14. The molecule has 3 heteroatoms. The van der Waals surface area contributed by atoms with E-state index in [-0.39, 0.29) is 11.9 Å². The lowest BCUT2D eigenvalue weighted by Crippen LogP contribution is -2.19. The van der Waals surface area contributed by atoms with E-state index in [1.807, 2.05) is 13.0 Å². The molecule has 0 aliphatic carbocycles. The number of nitrogens with one attached hydrogen (secondary N) is 1. The Labute approximate surface area is 92.1 Å². The number of hydrogen-bond donors (Lipinski definition) is 1. The summed E-state index contributed by atoms with van der Waals surface area (Å²) in [5.41, 5.74) is 0.676. The summed E-state index contributed by atoms with van der Waals surface area (Å²) in [6, 6.07) is 5.09. The third-order valence-electron chi connectivity index (χ3n) is 2.00. The van der Waals surface area contributed by atoms with E-state index in [1.165, 1.54) is 6.07 Å². The van der Waals surface area contributed by atoms with Gasteiger partial charge in [-0.15, -0.1) is 6.58 Å². The van der Waals surface area contributed by atoms with Crippen molar-refractivity contribution in [3.8, 4) is 0 Å². The van der Waals surface area contributed by atoms with E-state index < -0.39 is 0 Å². The van der Waals surface area contributed by atoms with Gasteiger partial charge in [-0.25, -0.2) is 4.39 Å². The lowest BCUT2D eigenvalue weighted by atomic mass is 10.1. The van der Waals surface area contributed by atoms with E-state index in [4.69, 9.17) is 0 Å². The van der Waals surface area contributed by atoms with Crippen LogP contribution in [0.1, 0.15) is 18.5 Å². The van der Waals surface area contributed by atoms with Crippen molar-refractivity contribution in [1.29, 1.82) is 0 Å². The molecule has 0 aliphatic rings. The zero-order chi connectivity index (χ0) is 10.6. The smallest absolute Gasteiger partial charge is 0.129 e. The van der Waals surface area contributed by atoms with Crippen LogP contribution in [0.3, 0.4) is 0 Å². The minimum Gasteiger partial charge on any atom is -0.307 e. The predicted molar refractivity (Wildman–Crippen MR) is 60.7 cm³/mol. The second kappa shape index (κ2) is 5.27. The Morgan fingerprint density at radius 3 is 2.93 bits per heavy atom. The molecule has 0 spiro atoms. The standard InChI is InChI=1S/C11H13BrFN/c1-3-6-14-8(2)10-5-4-9(12)7-11(10)13/h3-5,7-8,14H,1,6H2,2H3. The summed E-state index contributed by atoms with van der Waals surface area (Å²) >= 11 is 3.22. The van der Waals surface area contributed by atoms with Crippen LogP contribution in [0.2, 0.25) is 0 Å². The minimum atomic E-state index is -0.191. The van der Waals surface area contributed by atoms with Gasteiger partial charge in [0.05, 0.1) is 0 Å². The van der Waals surface area contributed by atoms with E-state index in [2.05, 4.69) is 27.8 Å². The molecule has 0 amide bonds. The van der Waals surface area contributed by atoms with E-state index in [9.17, 15) is 4.39 Å². The fourth-order valence-corrected chi connectivity index (χ4v) is 1.56. The van der Waals surface area contributed by atoms with Crippen LogP contribution in [0.4, 0.5) is 4.39 Å². The van der Waals surface area contributed by atoms with E-state index in [1.54, 1.807) is 12.1 Å². The molecule has 0 aromatic heterocycles. The lowest BCUT2D eigenvalue weighted by molar-refractivity contribution is 0.549. The van der Waals surface area contributed by atoms with Gasteiger partial charge in [0.2, 0.25) is 0 Å². The van der Waals surface area contributed by atoms with Crippen molar-refractivity contribution in [2.75, 3.05) is 6.54 Å². The number of hydrogen-bond acceptors (Lipinski definition) is 1. The van der Waals surface area contributed by atoms with Gasteiger partial charge in [0.25, 0.3) is 0 Å². The molecular weight excluding hydrogens is 245 g/mol. The molecule has 1 aromatic rings. The van der Waals surface area contributed by atoms with Crippen molar-refractivity contribution in [3.63, 3.8) is 0 Å². The maximum Gasteiger partial charge on any atom is 0.129 e. The SMILES string of the molecule is C=CCNC(C)c1ccc(Br)cc1F. The van der Waals surface area contributed by atoms with Crippen LogP contribution < -0.4 is 5.32 Å². The maximum atomic E-state index is 13.4. The van der Waals surface area contributed by atoms with Gasteiger partial charge in [0.15, 0.2) is 0 Å². The average molecular weight is 258 g/mol. The highest BCUT2D eigenvalue weighted by molar-refractivity contribution is 9.10. The van der Waals surface area contributed by atoms with E-state index >= 15 is 0 Å². The predicted octanol–water partition coefficient (Wildman–Crippen LogP) is 3.42. The number of halogens is 2. The van der Waals surface area contributed by atoms with Gasteiger partial charge in [-0.1, -0.05) is 28.1 Å². The Balaban J connectivity index is 2.78. The largest absolute Gasteiger partial charge is 0.307 e.